The average molecular weight is 477 g/mol. The van der Waals surface area contributed by atoms with Gasteiger partial charge in [-0.3, -0.25) is 0 Å². The Kier molecular flexibility index (Phi) is 7.87. The van der Waals surface area contributed by atoms with Crippen LogP contribution in [0.1, 0.15) is 86.0 Å². The van der Waals surface area contributed by atoms with Gasteiger partial charge in [-0.15, -0.1) is 0 Å². The van der Waals surface area contributed by atoms with Gasteiger partial charge in [-0.1, -0.05) is 49.8 Å². The molecule has 0 aromatic carbocycles. The molecule has 5 atom stereocenters. The quantitative estimate of drug-likeness (QED) is 0.484. The molecule has 3 aliphatic rings. The Bertz CT molecular complexity index is 947. The van der Waals surface area contributed by atoms with Gasteiger partial charge in [-0.25, -0.2) is 8.42 Å². The molecule has 5 heteroatoms. The van der Waals surface area contributed by atoms with Crippen molar-refractivity contribution in [3.8, 4) is 0 Å². The van der Waals surface area contributed by atoms with Gasteiger partial charge in [0.25, 0.3) is 0 Å². The highest BCUT2D eigenvalue weighted by atomic mass is 32.2. The lowest BCUT2D eigenvalue weighted by Gasteiger charge is -2.42. The number of aliphatic hydroxyl groups excluding tert-OH is 2. The molecular weight excluding hydrogens is 432 g/mol. The Morgan fingerprint density at radius 1 is 1.27 bits per heavy atom. The average Bonchev–Trinajstić information content (AvgIpc) is 3.06. The van der Waals surface area contributed by atoms with Crippen molar-refractivity contribution >= 4 is 9.84 Å². The van der Waals surface area contributed by atoms with Crippen LogP contribution in [0.3, 0.4) is 0 Å². The molecule has 186 valence electrons. The molecule has 33 heavy (non-hydrogen) atoms. The van der Waals surface area contributed by atoms with E-state index in [1.165, 1.54) is 17.6 Å². The first kappa shape index (κ1) is 26.4. The third-order valence-electron chi connectivity index (χ3n) is 8.39. The van der Waals surface area contributed by atoms with Gasteiger partial charge in [0, 0.05) is 6.42 Å². The zero-order valence-electron chi connectivity index (χ0n) is 21.2. The second-order valence-corrected chi connectivity index (χ2v) is 14.6. The predicted octanol–water partition coefficient (Wildman–Crippen LogP) is 5.68. The van der Waals surface area contributed by atoms with Crippen molar-refractivity contribution in [3.05, 3.63) is 47.1 Å². The summed E-state index contributed by atoms with van der Waals surface area (Å²) in [6, 6.07) is 0. The van der Waals surface area contributed by atoms with Crippen molar-refractivity contribution in [1.82, 2.24) is 0 Å². The van der Waals surface area contributed by atoms with Crippen LogP contribution in [-0.4, -0.2) is 41.3 Å². The normalized spacial score (nSPS) is 34.5. The molecule has 4 nitrogen and oxygen atoms in total. The van der Waals surface area contributed by atoms with Crippen molar-refractivity contribution in [2.24, 2.45) is 17.3 Å². The first-order valence-corrected chi connectivity index (χ1v) is 14.3. The molecule has 0 saturated heterocycles. The zero-order valence-corrected chi connectivity index (χ0v) is 22.0. The summed E-state index contributed by atoms with van der Waals surface area (Å²) in [6.07, 6.45) is 12.6. The predicted molar refractivity (Wildman–Crippen MR) is 137 cm³/mol. The van der Waals surface area contributed by atoms with Gasteiger partial charge >= 0.3 is 0 Å². The highest BCUT2D eigenvalue weighted by Crippen LogP contribution is 2.57. The molecule has 0 aliphatic heterocycles. The van der Waals surface area contributed by atoms with Crippen molar-refractivity contribution in [3.63, 3.8) is 0 Å². The molecule has 0 spiro atoms. The maximum atomic E-state index is 12.5. The lowest BCUT2D eigenvalue weighted by Crippen LogP contribution is -2.33. The molecule has 2 N–H and O–H groups in total. The second-order valence-electron chi connectivity index (χ2n) is 11.8. The molecule has 0 aromatic heterocycles. The SMILES string of the molecule is C=C1C(=CC=C2CCC[C@]3(C)C([C@H](C)CCCS(=O)(=O)C(C)(C)C)=CC[C@@H]23)C[C@H](O)C[C@H]1O. The summed E-state index contributed by atoms with van der Waals surface area (Å²) in [5, 5.41) is 20.2. The fraction of sp³-hybridized carbons (Fsp3) is 0.714. The lowest BCUT2D eigenvalue weighted by atomic mass is 9.62. The Hall–Kier alpha value is -1.17. The highest BCUT2D eigenvalue weighted by Gasteiger charge is 2.46. The molecule has 0 unspecified atom stereocenters. The third-order valence-corrected chi connectivity index (χ3v) is 11.1. The van der Waals surface area contributed by atoms with Crippen molar-refractivity contribution in [1.29, 1.82) is 0 Å². The minimum atomic E-state index is -3.07. The van der Waals surface area contributed by atoms with Crippen LogP contribution in [0.4, 0.5) is 0 Å². The molecule has 3 aliphatic carbocycles. The maximum Gasteiger partial charge on any atom is 0.155 e. The monoisotopic (exact) mass is 476 g/mol. The molecule has 0 radical (unpaired) electrons. The zero-order chi connectivity index (χ0) is 24.6. The van der Waals surface area contributed by atoms with E-state index < -0.39 is 26.8 Å². The minimum Gasteiger partial charge on any atom is -0.393 e. The minimum absolute atomic E-state index is 0.132. The van der Waals surface area contributed by atoms with Gasteiger partial charge in [0.1, 0.15) is 0 Å². The molecule has 3 rings (SSSR count). The van der Waals surface area contributed by atoms with Crippen molar-refractivity contribution < 1.29 is 18.6 Å². The summed E-state index contributed by atoms with van der Waals surface area (Å²) >= 11 is 0. The van der Waals surface area contributed by atoms with Crippen LogP contribution >= 0.6 is 0 Å². The molecule has 2 saturated carbocycles. The number of sulfone groups is 1. The van der Waals surface area contributed by atoms with Crippen LogP contribution in [0, 0.1) is 17.3 Å². The van der Waals surface area contributed by atoms with E-state index >= 15 is 0 Å². The van der Waals surface area contributed by atoms with Gasteiger partial charge in [0.15, 0.2) is 9.84 Å². The number of fused-ring (bicyclic) bond motifs is 1. The van der Waals surface area contributed by atoms with E-state index in [1.807, 2.05) is 0 Å². The fourth-order valence-corrected chi connectivity index (χ4v) is 7.28. The molecule has 0 bridgehead atoms. The summed E-state index contributed by atoms with van der Waals surface area (Å²) in [5.41, 5.74) is 4.78. The standard InChI is InChI=1S/C28H44O4S/c1-19(9-8-16-33(31,32)27(3,4)5)24-13-14-25-21(10-7-15-28(24,25)6)11-12-22-17-23(29)18-26(30)20(22)2/h11-13,19,23,25-26,29-30H,2,7-10,14-18H2,1,3-6H3/t19-,23+,25+,26-,28-/m1/s1. The van der Waals surface area contributed by atoms with Crippen LogP contribution in [0.5, 0.6) is 0 Å². The first-order chi connectivity index (χ1) is 15.3. The largest absolute Gasteiger partial charge is 0.393 e. The van der Waals surface area contributed by atoms with E-state index in [1.54, 1.807) is 20.8 Å². The van der Waals surface area contributed by atoms with Crippen LogP contribution in [0.15, 0.2) is 47.1 Å². The van der Waals surface area contributed by atoms with Crippen LogP contribution < -0.4 is 0 Å². The first-order valence-electron chi connectivity index (χ1n) is 12.6. The van der Waals surface area contributed by atoms with Crippen LogP contribution in [-0.2, 0) is 9.84 Å². The van der Waals surface area contributed by atoms with Gasteiger partial charge in [0.2, 0.25) is 0 Å². The smallest absolute Gasteiger partial charge is 0.155 e. The second kappa shape index (κ2) is 9.83. The third kappa shape index (κ3) is 5.57. The van der Waals surface area contributed by atoms with Gasteiger partial charge < -0.3 is 10.2 Å². The van der Waals surface area contributed by atoms with E-state index in [-0.39, 0.29) is 11.2 Å². The Labute approximate surface area is 201 Å². The summed E-state index contributed by atoms with van der Waals surface area (Å²) in [7, 11) is -3.07. The topological polar surface area (TPSA) is 74.6 Å². The summed E-state index contributed by atoms with van der Waals surface area (Å²) < 4.78 is 24.3. The molecule has 0 amide bonds. The Morgan fingerprint density at radius 3 is 2.64 bits per heavy atom. The van der Waals surface area contributed by atoms with E-state index in [4.69, 9.17) is 0 Å². The number of hydrogen-bond donors (Lipinski definition) is 2. The Morgan fingerprint density at radius 2 is 1.97 bits per heavy atom. The number of allylic oxidation sites excluding steroid dienone is 5. The van der Waals surface area contributed by atoms with Crippen LogP contribution in [0.2, 0.25) is 0 Å². The highest BCUT2D eigenvalue weighted by molar-refractivity contribution is 7.92. The van der Waals surface area contributed by atoms with Crippen molar-refractivity contribution in [2.75, 3.05) is 5.75 Å². The maximum absolute atomic E-state index is 12.5. The number of rotatable bonds is 6. The van der Waals surface area contributed by atoms with E-state index in [0.29, 0.717) is 31.1 Å². The van der Waals surface area contributed by atoms with E-state index in [0.717, 1.165) is 36.8 Å². The van der Waals surface area contributed by atoms with Crippen molar-refractivity contribution in [2.45, 2.75) is 103 Å². The van der Waals surface area contributed by atoms with E-state index in [2.05, 4.69) is 38.7 Å². The fourth-order valence-electron chi connectivity index (χ4n) is 6.12. The Balaban J connectivity index is 1.69. The summed E-state index contributed by atoms with van der Waals surface area (Å²) in [5.74, 6) is 1.12. The van der Waals surface area contributed by atoms with Gasteiger partial charge in [-0.05, 0) is 94.1 Å². The summed E-state index contributed by atoms with van der Waals surface area (Å²) in [6.45, 7) is 14.0. The number of aliphatic hydroxyl groups is 2. The lowest BCUT2D eigenvalue weighted by molar-refractivity contribution is 0.0862. The molecule has 2 fully saturated rings. The van der Waals surface area contributed by atoms with E-state index in [9.17, 15) is 18.6 Å². The molecular formula is C28H44O4S. The van der Waals surface area contributed by atoms with Crippen LogP contribution in [0.25, 0.3) is 0 Å². The molecule has 0 heterocycles. The summed E-state index contributed by atoms with van der Waals surface area (Å²) in [4.78, 5) is 0. The van der Waals surface area contributed by atoms with Gasteiger partial charge in [-0.2, -0.15) is 0 Å². The molecule has 0 aromatic rings. The number of hydrogen-bond acceptors (Lipinski definition) is 4. The van der Waals surface area contributed by atoms with Gasteiger partial charge in [0.05, 0.1) is 22.7 Å².